The SMILES string of the molecule is CC=C1C[C@@H]2CN(C(=O)N3CCCC3)C[C@@H]2C1.CCC(=O)N1CCCC1C#N. The zero-order valence-corrected chi connectivity index (χ0v) is 17.4. The van der Waals surface area contributed by atoms with E-state index < -0.39 is 0 Å². The number of carbonyl (C=O) groups excluding carboxylic acids is 2. The summed E-state index contributed by atoms with van der Waals surface area (Å²) in [7, 11) is 0. The highest BCUT2D eigenvalue weighted by Gasteiger charge is 2.41. The molecular formula is C22H34N4O2. The van der Waals surface area contributed by atoms with Gasteiger partial charge in [0.1, 0.15) is 6.04 Å². The van der Waals surface area contributed by atoms with Gasteiger partial charge in [0, 0.05) is 39.1 Å². The third kappa shape index (κ3) is 4.51. The highest BCUT2D eigenvalue weighted by molar-refractivity contribution is 5.76. The Hall–Kier alpha value is -2.03. The van der Waals surface area contributed by atoms with Gasteiger partial charge in [0.2, 0.25) is 5.91 Å². The largest absolute Gasteiger partial charge is 0.327 e. The molecule has 1 saturated carbocycles. The number of carbonyl (C=O) groups is 2. The number of nitriles is 1. The van der Waals surface area contributed by atoms with Gasteiger partial charge < -0.3 is 14.7 Å². The lowest BCUT2D eigenvalue weighted by Crippen LogP contribution is -2.40. The van der Waals surface area contributed by atoms with Gasteiger partial charge in [-0.25, -0.2) is 4.79 Å². The van der Waals surface area contributed by atoms with Crippen LogP contribution in [0.5, 0.6) is 0 Å². The molecule has 4 aliphatic rings. The first kappa shape index (κ1) is 20.7. The highest BCUT2D eigenvalue weighted by atomic mass is 16.2. The predicted octanol–water partition coefficient (Wildman–Crippen LogP) is 3.40. The van der Waals surface area contributed by atoms with Crippen molar-refractivity contribution in [3.05, 3.63) is 11.6 Å². The second-order valence-electron chi connectivity index (χ2n) is 8.48. The van der Waals surface area contributed by atoms with Gasteiger partial charge in [0.05, 0.1) is 6.07 Å². The first-order valence-electron chi connectivity index (χ1n) is 10.9. The molecule has 0 radical (unpaired) electrons. The van der Waals surface area contributed by atoms with Crippen LogP contribution < -0.4 is 0 Å². The highest BCUT2D eigenvalue weighted by Crippen LogP contribution is 2.41. The number of urea groups is 1. The average Bonchev–Trinajstić information content (AvgIpc) is 3.49. The summed E-state index contributed by atoms with van der Waals surface area (Å²) in [5, 5.41) is 8.64. The second-order valence-corrected chi connectivity index (χ2v) is 8.48. The Morgan fingerprint density at radius 1 is 1.07 bits per heavy atom. The van der Waals surface area contributed by atoms with Crippen LogP contribution in [-0.2, 0) is 4.79 Å². The van der Waals surface area contributed by atoms with Crippen LogP contribution in [0, 0.1) is 23.2 Å². The van der Waals surface area contributed by atoms with Crippen LogP contribution in [0.3, 0.4) is 0 Å². The molecule has 3 saturated heterocycles. The number of amides is 3. The van der Waals surface area contributed by atoms with E-state index in [1.165, 1.54) is 25.7 Å². The normalized spacial score (nSPS) is 30.2. The van der Waals surface area contributed by atoms with Gasteiger partial charge >= 0.3 is 6.03 Å². The van der Waals surface area contributed by atoms with E-state index in [4.69, 9.17) is 5.26 Å². The van der Waals surface area contributed by atoms with E-state index >= 15 is 0 Å². The quantitative estimate of drug-likeness (QED) is 0.649. The van der Waals surface area contributed by atoms with Crippen molar-refractivity contribution in [1.82, 2.24) is 14.7 Å². The van der Waals surface area contributed by atoms with Gasteiger partial charge in [0.15, 0.2) is 0 Å². The Kier molecular flexibility index (Phi) is 6.98. The maximum Gasteiger partial charge on any atom is 0.320 e. The Balaban J connectivity index is 0.000000178. The molecule has 6 heteroatoms. The molecule has 0 bridgehead atoms. The summed E-state index contributed by atoms with van der Waals surface area (Å²) >= 11 is 0. The third-order valence-electron chi connectivity index (χ3n) is 6.71. The Labute approximate surface area is 169 Å². The van der Waals surface area contributed by atoms with Gasteiger partial charge in [0.25, 0.3) is 0 Å². The van der Waals surface area contributed by atoms with Crippen LogP contribution in [-0.4, -0.2) is 65.4 Å². The molecule has 4 rings (SSSR count). The summed E-state index contributed by atoms with van der Waals surface area (Å²) in [6.07, 6.45) is 9.44. The number of fused-ring (bicyclic) bond motifs is 1. The third-order valence-corrected chi connectivity index (χ3v) is 6.71. The predicted molar refractivity (Wildman–Crippen MR) is 108 cm³/mol. The minimum atomic E-state index is -0.151. The van der Waals surface area contributed by atoms with E-state index in [1.54, 1.807) is 10.5 Å². The molecule has 154 valence electrons. The van der Waals surface area contributed by atoms with Crippen LogP contribution in [0.4, 0.5) is 4.79 Å². The van der Waals surface area contributed by atoms with Crippen molar-refractivity contribution in [3.63, 3.8) is 0 Å². The minimum absolute atomic E-state index is 0.106. The molecular weight excluding hydrogens is 352 g/mol. The van der Waals surface area contributed by atoms with E-state index in [0.717, 1.165) is 57.4 Å². The van der Waals surface area contributed by atoms with Crippen LogP contribution >= 0.6 is 0 Å². The van der Waals surface area contributed by atoms with Crippen molar-refractivity contribution in [1.29, 1.82) is 5.26 Å². The van der Waals surface area contributed by atoms with Gasteiger partial charge in [-0.1, -0.05) is 18.6 Å². The number of hydrogen-bond acceptors (Lipinski definition) is 3. The summed E-state index contributed by atoms with van der Waals surface area (Å²) < 4.78 is 0. The summed E-state index contributed by atoms with van der Waals surface area (Å²) in [4.78, 5) is 29.2. The van der Waals surface area contributed by atoms with Crippen LogP contribution in [0.25, 0.3) is 0 Å². The van der Waals surface area contributed by atoms with Crippen molar-refractivity contribution < 1.29 is 9.59 Å². The van der Waals surface area contributed by atoms with Gasteiger partial charge in [-0.05, 0) is 57.3 Å². The van der Waals surface area contributed by atoms with Crippen molar-refractivity contribution in [2.75, 3.05) is 32.7 Å². The van der Waals surface area contributed by atoms with Crippen LogP contribution in [0.2, 0.25) is 0 Å². The molecule has 1 unspecified atom stereocenters. The maximum atomic E-state index is 12.3. The fourth-order valence-electron chi connectivity index (χ4n) is 5.06. The zero-order chi connectivity index (χ0) is 20.1. The standard InChI is InChI=1S/C14H22N2O.C8H12N2O/c1-2-11-7-12-9-16(10-13(12)8-11)14(17)15-5-3-4-6-15;1-2-8(11)10-5-3-4-7(10)6-9/h2,12-13H,3-10H2,1H3;7H,2-5H2,1H3/t12-,13+;. The molecule has 0 aromatic rings. The van der Waals surface area contributed by atoms with E-state index in [-0.39, 0.29) is 11.9 Å². The summed E-state index contributed by atoms with van der Waals surface area (Å²) in [5.74, 6) is 1.59. The Morgan fingerprint density at radius 2 is 1.71 bits per heavy atom. The molecule has 0 spiro atoms. The van der Waals surface area contributed by atoms with Gasteiger partial charge in [-0.2, -0.15) is 5.26 Å². The molecule has 3 heterocycles. The van der Waals surface area contributed by atoms with Crippen molar-refractivity contribution in [2.24, 2.45) is 11.8 Å². The number of allylic oxidation sites excluding steroid dienone is 2. The van der Waals surface area contributed by atoms with E-state index in [0.29, 0.717) is 12.5 Å². The van der Waals surface area contributed by atoms with Gasteiger partial charge in [-0.15, -0.1) is 0 Å². The number of likely N-dealkylation sites (tertiary alicyclic amines) is 3. The zero-order valence-electron chi connectivity index (χ0n) is 17.4. The Bertz CT molecular complexity index is 631. The summed E-state index contributed by atoms with van der Waals surface area (Å²) in [6, 6.07) is 2.29. The lowest BCUT2D eigenvalue weighted by Gasteiger charge is -2.24. The van der Waals surface area contributed by atoms with Crippen LogP contribution in [0.15, 0.2) is 11.6 Å². The molecule has 0 aromatic heterocycles. The molecule has 1 aliphatic carbocycles. The fourth-order valence-corrected chi connectivity index (χ4v) is 5.06. The number of nitrogens with zero attached hydrogens (tertiary/aromatic N) is 4. The van der Waals surface area contributed by atoms with E-state index in [9.17, 15) is 9.59 Å². The fraction of sp³-hybridized carbons (Fsp3) is 0.773. The molecule has 3 atom stereocenters. The lowest BCUT2D eigenvalue weighted by atomic mass is 10.0. The molecule has 28 heavy (non-hydrogen) atoms. The molecule has 0 N–H and O–H groups in total. The lowest BCUT2D eigenvalue weighted by molar-refractivity contribution is -0.130. The molecule has 3 amide bonds. The van der Waals surface area contributed by atoms with E-state index in [2.05, 4.69) is 24.0 Å². The van der Waals surface area contributed by atoms with Crippen molar-refractivity contribution in [3.8, 4) is 6.07 Å². The first-order valence-corrected chi connectivity index (χ1v) is 10.9. The molecule has 4 fully saturated rings. The minimum Gasteiger partial charge on any atom is -0.327 e. The molecule has 0 aromatic carbocycles. The van der Waals surface area contributed by atoms with E-state index in [1.807, 2.05) is 11.8 Å². The first-order chi connectivity index (χ1) is 13.6. The second kappa shape index (κ2) is 9.45. The molecule has 3 aliphatic heterocycles. The average molecular weight is 387 g/mol. The Morgan fingerprint density at radius 3 is 2.25 bits per heavy atom. The van der Waals surface area contributed by atoms with Crippen molar-refractivity contribution >= 4 is 11.9 Å². The summed E-state index contributed by atoms with van der Waals surface area (Å²) in [6.45, 7) is 8.69. The van der Waals surface area contributed by atoms with Crippen LogP contribution in [0.1, 0.15) is 58.8 Å². The van der Waals surface area contributed by atoms with Gasteiger partial charge in [-0.3, -0.25) is 4.79 Å². The summed E-state index contributed by atoms with van der Waals surface area (Å²) in [5.41, 5.74) is 1.60. The monoisotopic (exact) mass is 386 g/mol. The number of hydrogen-bond donors (Lipinski definition) is 0. The molecule has 6 nitrogen and oxygen atoms in total. The smallest absolute Gasteiger partial charge is 0.320 e. The topological polar surface area (TPSA) is 67.7 Å². The van der Waals surface area contributed by atoms with Crippen molar-refractivity contribution in [2.45, 2.75) is 64.8 Å². The maximum absolute atomic E-state index is 12.3. The number of rotatable bonds is 1.